The molecule has 0 aliphatic rings. The minimum Gasteiger partial charge on any atom is -0.395 e. The molecule has 0 bridgehead atoms. The van der Waals surface area contributed by atoms with Gasteiger partial charge in [0.15, 0.2) is 0 Å². The van der Waals surface area contributed by atoms with E-state index in [1.807, 2.05) is 0 Å². The van der Waals surface area contributed by atoms with Crippen LogP contribution in [0.5, 0.6) is 0 Å². The van der Waals surface area contributed by atoms with Gasteiger partial charge in [-0.15, -0.1) is 0 Å². The van der Waals surface area contributed by atoms with E-state index in [0.29, 0.717) is 8.78 Å². The number of halogens is 4. The predicted octanol–water partition coefficient (Wildman–Crippen LogP) is 2.46. The Bertz CT molecular complexity index is 540. The lowest BCUT2D eigenvalue weighted by atomic mass is 10.4. The van der Waals surface area contributed by atoms with E-state index in [1.165, 1.54) is 12.1 Å². The Kier molecular flexibility index (Phi) is 6.31. The summed E-state index contributed by atoms with van der Waals surface area (Å²) in [4.78, 5) is -0.129. The summed E-state index contributed by atoms with van der Waals surface area (Å²) in [5.41, 5.74) is 0. The number of sulfonamides is 1. The van der Waals surface area contributed by atoms with Gasteiger partial charge in [0.2, 0.25) is 10.0 Å². The summed E-state index contributed by atoms with van der Waals surface area (Å²) >= 11 is 6.20. The van der Waals surface area contributed by atoms with Gasteiger partial charge in [0.25, 0.3) is 6.43 Å². The van der Waals surface area contributed by atoms with E-state index in [-0.39, 0.29) is 15.9 Å². The third-order valence-corrected chi connectivity index (χ3v) is 5.55. The van der Waals surface area contributed by atoms with E-state index < -0.39 is 29.6 Å². The van der Waals surface area contributed by atoms with Crippen molar-refractivity contribution in [1.82, 2.24) is 4.31 Å². The molecule has 0 aliphatic heterocycles. The van der Waals surface area contributed by atoms with Crippen LogP contribution >= 0.6 is 31.9 Å². The summed E-state index contributed by atoms with van der Waals surface area (Å²) in [6, 6.07) is 4.43. The maximum absolute atomic E-state index is 12.4. The van der Waals surface area contributed by atoms with E-state index >= 15 is 0 Å². The highest BCUT2D eigenvalue weighted by Gasteiger charge is 2.28. The molecule has 0 amide bonds. The van der Waals surface area contributed by atoms with Crippen molar-refractivity contribution in [3.05, 3.63) is 27.1 Å². The van der Waals surface area contributed by atoms with Crippen LogP contribution < -0.4 is 0 Å². The summed E-state index contributed by atoms with van der Waals surface area (Å²) in [7, 11) is -4.10. The van der Waals surface area contributed by atoms with Crippen molar-refractivity contribution >= 4 is 41.9 Å². The van der Waals surface area contributed by atoms with Crippen molar-refractivity contribution in [2.24, 2.45) is 0 Å². The number of benzene rings is 1. The minimum atomic E-state index is -4.10. The quantitative estimate of drug-likeness (QED) is 0.766. The molecule has 1 aromatic carbocycles. The Balaban J connectivity index is 3.22. The number of hydrogen-bond acceptors (Lipinski definition) is 3. The van der Waals surface area contributed by atoms with Gasteiger partial charge in [0.1, 0.15) is 0 Å². The zero-order chi connectivity index (χ0) is 14.6. The zero-order valence-corrected chi connectivity index (χ0v) is 13.6. The largest absolute Gasteiger partial charge is 0.395 e. The molecule has 0 radical (unpaired) electrons. The van der Waals surface area contributed by atoms with Crippen LogP contribution in [0.4, 0.5) is 8.78 Å². The number of aliphatic hydroxyl groups excluding tert-OH is 1. The molecule has 19 heavy (non-hydrogen) atoms. The molecule has 0 heterocycles. The molecule has 4 nitrogen and oxygen atoms in total. The van der Waals surface area contributed by atoms with Gasteiger partial charge in [-0.1, -0.05) is 15.9 Å². The molecular weight excluding hydrogens is 412 g/mol. The molecule has 9 heteroatoms. The van der Waals surface area contributed by atoms with Gasteiger partial charge in [-0.05, 0) is 34.1 Å². The number of nitrogens with zero attached hydrogens (tertiary/aromatic N) is 1. The number of alkyl halides is 2. The fourth-order valence-electron chi connectivity index (χ4n) is 1.39. The van der Waals surface area contributed by atoms with Crippen molar-refractivity contribution < 1.29 is 22.3 Å². The van der Waals surface area contributed by atoms with Gasteiger partial charge in [-0.25, -0.2) is 17.2 Å². The molecule has 0 spiro atoms. The Morgan fingerprint density at radius 2 is 1.95 bits per heavy atom. The summed E-state index contributed by atoms with van der Waals surface area (Å²) < 4.78 is 50.7. The molecular formula is C10H11Br2F2NO3S. The van der Waals surface area contributed by atoms with Crippen LogP contribution in [0.1, 0.15) is 0 Å². The molecule has 108 valence electrons. The minimum absolute atomic E-state index is 0.129. The predicted molar refractivity (Wildman–Crippen MR) is 73.7 cm³/mol. The van der Waals surface area contributed by atoms with E-state index in [9.17, 15) is 17.2 Å². The van der Waals surface area contributed by atoms with Crippen molar-refractivity contribution in [2.75, 3.05) is 19.7 Å². The molecule has 1 N–H and O–H groups in total. The van der Waals surface area contributed by atoms with Gasteiger partial charge in [-0.3, -0.25) is 0 Å². The van der Waals surface area contributed by atoms with E-state index in [1.54, 1.807) is 6.07 Å². The lowest BCUT2D eigenvalue weighted by Gasteiger charge is -2.21. The summed E-state index contributed by atoms with van der Waals surface area (Å²) in [5.74, 6) is 0. The Labute approximate surface area is 126 Å². The van der Waals surface area contributed by atoms with Gasteiger partial charge in [-0.2, -0.15) is 4.31 Å². The average molecular weight is 423 g/mol. The smallest absolute Gasteiger partial charge is 0.252 e. The van der Waals surface area contributed by atoms with Crippen molar-refractivity contribution in [2.45, 2.75) is 11.3 Å². The first-order chi connectivity index (χ1) is 8.78. The maximum Gasteiger partial charge on any atom is 0.252 e. The molecule has 1 rings (SSSR count). The second-order valence-corrected chi connectivity index (χ2v) is 7.23. The fourth-order valence-corrected chi connectivity index (χ4v) is 4.26. The average Bonchev–Trinajstić information content (AvgIpc) is 2.31. The van der Waals surface area contributed by atoms with E-state index in [4.69, 9.17) is 5.11 Å². The second kappa shape index (κ2) is 7.07. The van der Waals surface area contributed by atoms with Crippen LogP contribution in [0.15, 0.2) is 32.0 Å². The van der Waals surface area contributed by atoms with Gasteiger partial charge < -0.3 is 5.11 Å². The lowest BCUT2D eigenvalue weighted by molar-refractivity contribution is 0.113. The van der Waals surface area contributed by atoms with Crippen LogP contribution in [-0.2, 0) is 10.0 Å². The summed E-state index contributed by atoms with van der Waals surface area (Å²) in [6.07, 6.45) is -2.81. The van der Waals surface area contributed by atoms with Gasteiger partial charge in [0.05, 0.1) is 18.0 Å². The normalized spacial score (nSPS) is 12.4. The standard InChI is InChI=1S/C10H11Br2F2NO3S/c11-7-1-2-8(12)9(5-7)19(17,18)15(3-4-16)6-10(13)14/h1-2,5,10,16H,3-4,6H2. The van der Waals surface area contributed by atoms with Crippen LogP contribution in [0.3, 0.4) is 0 Å². The first-order valence-electron chi connectivity index (χ1n) is 5.13. The van der Waals surface area contributed by atoms with Crippen LogP contribution in [0.2, 0.25) is 0 Å². The molecule has 0 saturated heterocycles. The molecule has 0 atom stereocenters. The Morgan fingerprint density at radius 1 is 1.32 bits per heavy atom. The molecule has 1 aromatic rings. The SMILES string of the molecule is O=S(=O)(c1cc(Br)ccc1Br)N(CCO)CC(F)F. The highest BCUT2D eigenvalue weighted by Crippen LogP contribution is 2.28. The number of hydrogen-bond donors (Lipinski definition) is 1. The number of aliphatic hydroxyl groups is 1. The van der Waals surface area contributed by atoms with E-state index in [0.717, 1.165) is 0 Å². The van der Waals surface area contributed by atoms with Gasteiger partial charge >= 0.3 is 0 Å². The maximum atomic E-state index is 12.4. The Morgan fingerprint density at radius 3 is 2.47 bits per heavy atom. The summed E-state index contributed by atoms with van der Waals surface area (Å²) in [6.45, 7) is -1.87. The van der Waals surface area contributed by atoms with Crippen LogP contribution in [0.25, 0.3) is 0 Å². The topological polar surface area (TPSA) is 57.6 Å². The van der Waals surface area contributed by atoms with Crippen LogP contribution in [-0.4, -0.2) is 44.0 Å². The first-order valence-corrected chi connectivity index (χ1v) is 8.16. The molecule has 0 fully saturated rings. The third-order valence-electron chi connectivity index (χ3n) is 2.20. The van der Waals surface area contributed by atoms with Crippen molar-refractivity contribution in [3.63, 3.8) is 0 Å². The monoisotopic (exact) mass is 421 g/mol. The number of rotatable bonds is 6. The molecule has 0 aromatic heterocycles. The van der Waals surface area contributed by atoms with Crippen molar-refractivity contribution in [1.29, 1.82) is 0 Å². The zero-order valence-electron chi connectivity index (χ0n) is 9.56. The highest BCUT2D eigenvalue weighted by molar-refractivity contribution is 9.11. The van der Waals surface area contributed by atoms with Crippen molar-refractivity contribution in [3.8, 4) is 0 Å². The Hall–Kier alpha value is -0.0900. The molecule has 0 aliphatic carbocycles. The highest BCUT2D eigenvalue weighted by atomic mass is 79.9. The lowest BCUT2D eigenvalue weighted by Crippen LogP contribution is -2.37. The fraction of sp³-hybridized carbons (Fsp3) is 0.400. The molecule has 0 saturated carbocycles. The van der Waals surface area contributed by atoms with Gasteiger partial charge in [0, 0.05) is 15.5 Å². The molecule has 0 unspecified atom stereocenters. The third kappa shape index (κ3) is 4.45. The van der Waals surface area contributed by atoms with E-state index in [2.05, 4.69) is 31.9 Å². The first kappa shape index (κ1) is 17.0. The van der Waals surface area contributed by atoms with Crippen LogP contribution in [0, 0.1) is 0 Å². The summed E-state index contributed by atoms with van der Waals surface area (Å²) in [5, 5.41) is 8.81. The second-order valence-electron chi connectivity index (χ2n) is 3.55.